The second kappa shape index (κ2) is 8.15. The molecule has 1 aromatic rings. The number of nitrogens with zero attached hydrogens (tertiary/aromatic N) is 3. The molecule has 1 aromatic carbocycles. The number of hydrogen-bond acceptors (Lipinski definition) is 5. The average molecular weight is 371 g/mol. The van der Waals surface area contributed by atoms with Gasteiger partial charge in [-0.2, -0.15) is 5.26 Å². The van der Waals surface area contributed by atoms with Crippen LogP contribution in [0, 0.1) is 11.3 Å². The Labute approximate surface area is 160 Å². The van der Waals surface area contributed by atoms with E-state index in [1.807, 2.05) is 43.3 Å². The number of thioether (sulfide) groups is 1. The number of carbonyl (C=O) groups is 1. The van der Waals surface area contributed by atoms with Gasteiger partial charge in [-0.1, -0.05) is 18.6 Å². The second-order valence-electron chi connectivity index (χ2n) is 7.07. The number of nitriles is 1. The summed E-state index contributed by atoms with van der Waals surface area (Å²) in [5, 5.41) is 13.5. The van der Waals surface area contributed by atoms with Gasteiger partial charge in [0.15, 0.2) is 5.41 Å². The molecule has 1 saturated heterocycles. The van der Waals surface area contributed by atoms with Crippen LogP contribution < -0.4 is 10.2 Å². The van der Waals surface area contributed by atoms with Crippen LogP contribution in [0.25, 0.3) is 0 Å². The standard InChI is InChI=1S/C20H26N4OS/c1-23(2)17-8-6-16(7-9-17)20(15-21)14-18(22-19(20)25)26-13-12-24-10-4-3-5-11-24/h6-9,14H,3-5,10-13H2,1-2H3,(H,22,25). The summed E-state index contributed by atoms with van der Waals surface area (Å²) in [6.45, 7) is 3.37. The molecule has 0 bridgehead atoms. The molecule has 1 unspecified atom stereocenters. The van der Waals surface area contributed by atoms with Gasteiger partial charge in [0.25, 0.3) is 5.91 Å². The van der Waals surface area contributed by atoms with E-state index >= 15 is 0 Å². The monoisotopic (exact) mass is 370 g/mol. The predicted molar refractivity (Wildman–Crippen MR) is 107 cm³/mol. The van der Waals surface area contributed by atoms with Crippen LogP contribution >= 0.6 is 11.8 Å². The maximum absolute atomic E-state index is 12.6. The molecular weight excluding hydrogens is 344 g/mol. The Kier molecular flexibility index (Phi) is 5.90. The zero-order valence-corrected chi connectivity index (χ0v) is 16.3. The summed E-state index contributed by atoms with van der Waals surface area (Å²) in [5.41, 5.74) is 0.535. The zero-order valence-electron chi connectivity index (χ0n) is 15.5. The summed E-state index contributed by atoms with van der Waals surface area (Å²) >= 11 is 1.63. The van der Waals surface area contributed by atoms with Gasteiger partial charge in [0.2, 0.25) is 0 Å². The summed E-state index contributed by atoms with van der Waals surface area (Å²) in [5.74, 6) is 0.672. The summed E-state index contributed by atoms with van der Waals surface area (Å²) in [6.07, 6.45) is 5.69. The highest BCUT2D eigenvalue weighted by molar-refractivity contribution is 8.03. The molecule has 5 nitrogen and oxygen atoms in total. The third-order valence-corrected chi connectivity index (χ3v) is 5.99. The summed E-state index contributed by atoms with van der Waals surface area (Å²) in [4.78, 5) is 17.1. The van der Waals surface area contributed by atoms with E-state index in [4.69, 9.17) is 0 Å². The minimum atomic E-state index is -1.22. The van der Waals surface area contributed by atoms with Gasteiger partial charge >= 0.3 is 0 Å². The Bertz CT molecular complexity index is 716. The highest BCUT2D eigenvalue weighted by atomic mass is 32.2. The van der Waals surface area contributed by atoms with E-state index in [0.717, 1.165) is 28.6 Å². The van der Waals surface area contributed by atoms with Gasteiger partial charge in [-0.25, -0.2) is 0 Å². The summed E-state index contributed by atoms with van der Waals surface area (Å²) < 4.78 is 0. The average Bonchev–Trinajstić information content (AvgIpc) is 2.99. The number of nitrogens with one attached hydrogen (secondary N) is 1. The van der Waals surface area contributed by atoms with Crippen LogP contribution in [0.4, 0.5) is 5.69 Å². The fourth-order valence-corrected chi connectivity index (χ4v) is 4.43. The summed E-state index contributed by atoms with van der Waals surface area (Å²) in [6, 6.07) is 9.86. The van der Waals surface area contributed by atoms with Crippen molar-refractivity contribution in [1.29, 1.82) is 5.26 Å². The lowest BCUT2D eigenvalue weighted by atomic mass is 9.82. The lowest BCUT2D eigenvalue weighted by Gasteiger charge is -2.26. The molecule has 1 N–H and O–H groups in total. The van der Waals surface area contributed by atoms with Gasteiger partial charge in [0.1, 0.15) is 0 Å². The molecule has 0 saturated carbocycles. The maximum Gasteiger partial charge on any atom is 0.253 e. The van der Waals surface area contributed by atoms with E-state index in [1.165, 1.54) is 32.4 Å². The molecule has 2 heterocycles. The van der Waals surface area contributed by atoms with Crippen molar-refractivity contribution in [3.63, 3.8) is 0 Å². The molecule has 6 heteroatoms. The number of rotatable bonds is 6. The van der Waals surface area contributed by atoms with Crippen molar-refractivity contribution >= 4 is 23.4 Å². The second-order valence-corrected chi connectivity index (χ2v) is 8.21. The Hall–Kier alpha value is -1.97. The molecule has 26 heavy (non-hydrogen) atoms. The van der Waals surface area contributed by atoms with Crippen LogP contribution in [-0.2, 0) is 10.2 Å². The molecule has 138 valence electrons. The van der Waals surface area contributed by atoms with Crippen molar-refractivity contribution in [3.05, 3.63) is 40.9 Å². The highest BCUT2D eigenvalue weighted by Gasteiger charge is 2.44. The fourth-order valence-electron chi connectivity index (χ4n) is 3.44. The van der Waals surface area contributed by atoms with E-state index in [1.54, 1.807) is 17.8 Å². The minimum absolute atomic E-state index is 0.252. The van der Waals surface area contributed by atoms with Gasteiger partial charge in [0, 0.05) is 32.1 Å². The highest BCUT2D eigenvalue weighted by Crippen LogP contribution is 2.35. The normalized spacial score (nSPS) is 23.3. The first-order chi connectivity index (χ1) is 12.5. The number of benzene rings is 1. The Morgan fingerprint density at radius 3 is 2.54 bits per heavy atom. The van der Waals surface area contributed by atoms with E-state index in [-0.39, 0.29) is 5.91 Å². The Morgan fingerprint density at radius 1 is 1.23 bits per heavy atom. The third-order valence-electron chi connectivity index (χ3n) is 5.07. The smallest absolute Gasteiger partial charge is 0.253 e. The van der Waals surface area contributed by atoms with Gasteiger partial charge in [0.05, 0.1) is 11.1 Å². The van der Waals surface area contributed by atoms with Crippen molar-refractivity contribution < 1.29 is 4.79 Å². The van der Waals surface area contributed by atoms with Gasteiger partial charge < -0.3 is 15.1 Å². The largest absolute Gasteiger partial charge is 0.378 e. The van der Waals surface area contributed by atoms with E-state index in [0.29, 0.717) is 0 Å². The van der Waals surface area contributed by atoms with Crippen molar-refractivity contribution in [3.8, 4) is 6.07 Å². The van der Waals surface area contributed by atoms with E-state index in [9.17, 15) is 10.1 Å². The molecule has 2 aliphatic heterocycles. The Balaban J connectivity index is 1.68. The minimum Gasteiger partial charge on any atom is -0.378 e. The number of amides is 1. The number of anilines is 1. The van der Waals surface area contributed by atoms with Crippen LogP contribution in [-0.4, -0.2) is 50.3 Å². The zero-order chi connectivity index (χ0) is 18.6. The van der Waals surface area contributed by atoms with Gasteiger partial charge in [-0.05, 0) is 49.7 Å². The topological polar surface area (TPSA) is 59.4 Å². The lowest BCUT2D eigenvalue weighted by molar-refractivity contribution is -0.121. The van der Waals surface area contributed by atoms with E-state index < -0.39 is 5.41 Å². The quantitative estimate of drug-likeness (QED) is 0.834. The van der Waals surface area contributed by atoms with Gasteiger partial charge in [-0.3, -0.25) is 4.79 Å². The first-order valence-corrected chi connectivity index (χ1v) is 10.1. The molecule has 0 aliphatic carbocycles. The van der Waals surface area contributed by atoms with Crippen LogP contribution in [0.15, 0.2) is 35.4 Å². The van der Waals surface area contributed by atoms with Crippen LogP contribution in [0.3, 0.4) is 0 Å². The molecule has 1 atom stereocenters. The van der Waals surface area contributed by atoms with Crippen molar-refractivity contribution in [2.45, 2.75) is 24.7 Å². The number of carbonyl (C=O) groups excluding carboxylic acids is 1. The first kappa shape index (κ1) is 18.8. The van der Waals surface area contributed by atoms with Gasteiger partial charge in [-0.15, -0.1) is 11.8 Å². The molecule has 1 amide bonds. The van der Waals surface area contributed by atoms with E-state index in [2.05, 4.69) is 16.3 Å². The molecule has 0 aromatic heterocycles. The maximum atomic E-state index is 12.6. The number of piperidine rings is 1. The molecule has 0 radical (unpaired) electrons. The lowest BCUT2D eigenvalue weighted by Crippen LogP contribution is -2.35. The molecule has 1 fully saturated rings. The number of hydrogen-bond donors (Lipinski definition) is 1. The molecular formula is C20H26N4OS. The predicted octanol–water partition coefficient (Wildman–Crippen LogP) is 2.70. The van der Waals surface area contributed by atoms with Crippen molar-refractivity contribution in [2.75, 3.05) is 44.4 Å². The SMILES string of the molecule is CN(C)c1ccc(C2(C#N)C=C(SCCN3CCCCC3)NC2=O)cc1. The van der Waals surface area contributed by atoms with Crippen molar-refractivity contribution in [2.24, 2.45) is 0 Å². The molecule has 0 spiro atoms. The molecule has 3 rings (SSSR count). The van der Waals surface area contributed by atoms with Crippen LogP contribution in [0.1, 0.15) is 24.8 Å². The Morgan fingerprint density at radius 2 is 1.92 bits per heavy atom. The number of likely N-dealkylation sites (tertiary alicyclic amines) is 1. The third kappa shape index (κ3) is 3.89. The van der Waals surface area contributed by atoms with Crippen LogP contribution in [0.5, 0.6) is 0 Å². The first-order valence-electron chi connectivity index (χ1n) is 9.14. The molecule has 2 aliphatic rings. The van der Waals surface area contributed by atoms with Crippen molar-refractivity contribution in [1.82, 2.24) is 10.2 Å². The van der Waals surface area contributed by atoms with Crippen LogP contribution in [0.2, 0.25) is 0 Å². The summed E-state index contributed by atoms with van der Waals surface area (Å²) in [7, 11) is 3.93. The fraction of sp³-hybridized carbons (Fsp3) is 0.500.